The van der Waals surface area contributed by atoms with Gasteiger partial charge in [-0.05, 0) is 23.6 Å². The Morgan fingerprint density at radius 1 is 1.23 bits per heavy atom. The van der Waals surface area contributed by atoms with Gasteiger partial charge in [0, 0.05) is 6.04 Å². The molecule has 6 nitrogen and oxygen atoms in total. The minimum Gasteiger partial charge on any atom is -0.446 e. The maximum absolute atomic E-state index is 12.0. The molecule has 2 aliphatic rings. The summed E-state index contributed by atoms with van der Waals surface area (Å²) in [7, 11) is 0. The van der Waals surface area contributed by atoms with Crippen molar-refractivity contribution in [1.82, 2.24) is 5.32 Å². The van der Waals surface area contributed by atoms with Crippen LogP contribution in [0.2, 0.25) is 0 Å². The zero-order chi connectivity index (χ0) is 15.3. The number of rotatable bonds is 4. The highest BCUT2D eigenvalue weighted by Gasteiger charge is 2.35. The molecule has 1 aliphatic heterocycles. The topological polar surface area (TPSA) is 75.4 Å². The van der Waals surface area contributed by atoms with Gasteiger partial charge >= 0.3 is 6.09 Å². The summed E-state index contributed by atoms with van der Waals surface area (Å²) in [5.74, 6) is 0. The van der Waals surface area contributed by atoms with Gasteiger partial charge in [0.2, 0.25) is 0 Å². The van der Waals surface area contributed by atoms with Gasteiger partial charge in [0.05, 0.1) is 6.21 Å². The van der Waals surface area contributed by atoms with E-state index in [0.29, 0.717) is 0 Å². The van der Waals surface area contributed by atoms with Crippen LogP contribution >= 0.6 is 0 Å². The lowest BCUT2D eigenvalue weighted by Crippen LogP contribution is -2.39. The maximum Gasteiger partial charge on any atom is 0.407 e. The van der Waals surface area contributed by atoms with E-state index in [-0.39, 0.29) is 12.6 Å². The highest BCUT2D eigenvalue weighted by molar-refractivity contribution is 5.75. The molecule has 1 saturated carbocycles. The fraction of sp³-hybridized carbons (Fsp3) is 0.500. The molecule has 1 fully saturated rings. The molecular weight excluding hydrogens is 280 g/mol. The van der Waals surface area contributed by atoms with Crippen molar-refractivity contribution >= 4 is 12.3 Å². The lowest BCUT2D eigenvalue weighted by Gasteiger charge is -2.24. The van der Waals surface area contributed by atoms with E-state index in [1.165, 1.54) is 19.3 Å². The van der Waals surface area contributed by atoms with E-state index < -0.39 is 11.6 Å². The Kier molecular flexibility index (Phi) is 4.46. The molecular formula is C16H20N4O2. The van der Waals surface area contributed by atoms with Gasteiger partial charge in [-0.3, -0.25) is 0 Å². The van der Waals surface area contributed by atoms with Crippen molar-refractivity contribution < 1.29 is 9.53 Å². The van der Waals surface area contributed by atoms with Crippen LogP contribution in [0.3, 0.4) is 0 Å². The minimum atomic E-state index is -0.800. The normalized spacial score (nSPS) is 24.4. The van der Waals surface area contributed by atoms with Crippen LogP contribution in [0.5, 0.6) is 0 Å². The summed E-state index contributed by atoms with van der Waals surface area (Å²) >= 11 is 0. The van der Waals surface area contributed by atoms with Gasteiger partial charge < -0.3 is 10.1 Å². The van der Waals surface area contributed by atoms with Crippen LogP contribution in [-0.2, 0) is 10.3 Å². The van der Waals surface area contributed by atoms with Crippen LogP contribution in [0, 0.1) is 0 Å². The van der Waals surface area contributed by atoms with E-state index in [9.17, 15) is 4.79 Å². The summed E-state index contributed by atoms with van der Waals surface area (Å²) in [5.41, 5.74) is 0.107. The third-order valence-corrected chi connectivity index (χ3v) is 4.17. The Balaban J connectivity index is 1.59. The highest BCUT2D eigenvalue weighted by Crippen LogP contribution is 2.28. The molecule has 1 amide bonds. The second-order valence-corrected chi connectivity index (χ2v) is 5.78. The molecule has 0 radical (unpaired) electrons. The number of alkyl carbamates (subject to hydrolysis) is 1. The van der Waals surface area contributed by atoms with Crippen molar-refractivity contribution in [2.45, 2.75) is 43.7 Å². The van der Waals surface area contributed by atoms with E-state index in [1.54, 1.807) is 6.21 Å². The Hall–Kier alpha value is -2.24. The number of nitrogens with one attached hydrogen (secondary N) is 1. The number of ether oxygens (including phenoxy) is 1. The van der Waals surface area contributed by atoms with Crippen molar-refractivity contribution in [3.63, 3.8) is 0 Å². The molecule has 3 rings (SSSR count). The minimum absolute atomic E-state index is 0.0998. The lowest BCUT2D eigenvalue weighted by atomic mass is 9.93. The zero-order valence-electron chi connectivity index (χ0n) is 12.4. The van der Waals surface area contributed by atoms with Gasteiger partial charge in [-0.1, -0.05) is 49.6 Å². The first-order chi connectivity index (χ1) is 10.8. The highest BCUT2D eigenvalue weighted by atomic mass is 16.5. The lowest BCUT2D eigenvalue weighted by molar-refractivity contribution is 0.125. The molecule has 1 N–H and O–H groups in total. The van der Waals surface area contributed by atoms with Crippen LogP contribution < -0.4 is 5.32 Å². The first-order valence-corrected chi connectivity index (χ1v) is 7.74. The number of amides is 1. The fourth-order valence-electron chi connectivity index (χ4n) is 2.89. The van der Waals surface area contributed by atoms with Crippen molar-refractivity contribution in [3.05, 3.63) is 35.9 Å². The fourth-order valence-corrected chi connectivity index (χ4v) is 2.89. The standard InChI is InChI=1S/C16H20N4O2/c21-15(18-14-9-5-2-6-10-14)22-12-16(11-17-20-19-16)13-7-3-1-4-8-13/h1,3-4,7-8,11,14H,2,5-6,9-10,12H2,(H,18,21). The van der Waals surface area contributed by atoms with Crippen LogP contribution in [0.25, 0.3) is 0 Å². The third-order valence-electron chi connectivity index (χ3n) is 4.17. The molecule has 0 aromatic heterocycles. The van der Waals surface area contributed by atoms with E-state index in [0.717, 1.165) is 18.4 Å². The van der Waals surface area contributed by atoms with Crippen LogP contribution in [0.1, 0.15) is 37.7 Å². The van der Waals surface area contributed by atoms with Crippen LogP contribution in [0.15, 0.2) is 45.8 Å². The van der Waals surface area contributed by atoms with E-state index in [2.05, 4.69) is 20.8 Å². The molecule has 1 heterocycles. The zero-order valence-corrected chi connectivity index (χ0v) is 12.4. The largest absolute Gasteiger partial charge is 0.446 e. The van der Waals surface area contributed by atoms with Crippen molar-refractivity contribution in [2.24, 2.45) is 15.4 Å². The quantitative estimate of drug-likeness (QED) is 0.925. The molecule has 116 valence electrons. The maximum atomic E-state index is 12.0. The van der Waals surface area contributed by atoms with Gasteiger partial charge in [-0.15, -0.1) is 10.2 Å². The number of nitrogens with zero attached hydrogens (tertiary/aromatic N) is 3. The smallest absolute Gasteiger partial charge is 0.407 e. The first-order valence-electron chi connectivity index (χ1n) is 7.74. The monoisotopic (exact) mass is 300 g/mol. The number of carbonyl (C=O) groups is 1. The van der Waals surface area contributed by atoms with Gasteiger partial charge in [0.1, 0.15) is 6.61 Å². The predicted molar refractivity (Wildman–Crippen MR) is 82.8 cm³/mol. The average Bonchev–Trinajstić information content (AvgIpc) is 3.05. The number of hydrogen-bond donors (Lipinski definition) is 1. The van der Waals surface area contributed by atoms with Crippen LogP contribution in [-0.4, -0.2) is 25.0 Å². The first kappa shape index (κ1) is 14.7. The summed E-state index contributed by atoms with van der Waals surface area (Å²) in [6, 6.07) is 9.85. The summed E-state index contributed by atoms with van der Waals surface area (Å²) < 4.78 is 5.39. The number of hydrogen-bond acceptors (Lipinski definition) is 5. The molecule has 1 aliphatic carbocycles. The third kappa shape index (κ3) is 3.32. The number of benzene rings is 1. The molecule has 1 aromatic carbocycles. The molecule has 0 spiro atoms. The van der Waals surface area contributed by atoms with Gasteiger partial charge in [0.15, 0.2) is 5.54 Å². The van der Waals surface area contributed by atoms with Crippen molar-refractivity contribution in [1.29, 1.82) is 0 Å². The SMILES string of the molecule is O=C(NC1CCCCC1)OCC1(c2ccccc2)C=NN=N1. The summed E-state index contributed by atoms with van der Waals surface area (Å²) in [6.07, 6.45) is 6.87. The van der Waals surface area contributed by atoms with Gasteiger partial charge in [0.25, 0.3) is 0 Å². The van der Waals surface area contributed by atoms with E-state index in [1.807, 2.05) is 30.3 Å². The van der Waals surface area contributed by atoms with E-state index in [4.69, 9.17) is 4.74 Å². The molecule has 6 heteroatoms. The second kappa shape index (κ2) is 6.68. The van der Waals surface area contributed by atoms with Gasteiger partial charge in [-0.2, -0.15) is 0 Å². The Morgan fingerprint density at radius 2 is 2.00 bits per heavy atom. The summed E-state index contributed by atoms with van der Waals surface area (Å²) in [4.78, 5) is 12.0. The Bertz CT molecular complexity index is 553. The predicted octanol–water partition coefficient (Wildman–Crippen LogP) is 3.39. The molecule has 1 unspecified atom stereocenters. The Morgan fingerprint density at radius 3 is 2.68 bits per heavy atom. The second-order valence-electron chi connectivity index (χ2n) is 5.78. The van der Waals surface area contributed by atoms with E-state index >= 15 is 0 Å². The number of carbonyl (C=O) groups excluding carboxylic acids is 1. The van der Waals surface area contributed by atoms with Crippen LogP contribution in [0.4, 0.5) is 4.79 Å². The van der Waals surface area contributed by atoms with Crippen molar-refractivity contribution in [2.75, 3.05) is 6.61 Å². The molecule has 0 saturated heterocycles. The summed E-state index contributed by atoms with van der Waals surface area (Å²) in [6.45, 7) is 0.0998. The average molecular weight is 300 g/mol. The molecule has 1 atom stereocenters. The molecule has 0 bridgehead atoms. The molecule has 22 heavy (non-hydrogen) atoms. The van der Waals surface area contributed by atoms with Gasteiger partial charge in [-0.25, -0.2) is 4.79 Å². The molecule has 1 aromatic rings. The Labute approximate surface area is 129 Å². The van der Waals surface area contributed by atoms with Crippen molar-refractivity contribution in [3.8, 4) is 0 Å². The summed E-state index contributed by atoms with van der Waals surface area (Å²) in [5, 5.41) is 14.6.